The molecule has 0 bridgehead atoms. The molecule has 1 aromatic heterocycles. The minimum absolute atomic E-state index is 0.0482. The summed E-state index contributed by atoms with van der Waals surface area (Å²) >= 11 is 0. The molecule has 0 aliphatic carbocycles. The van der Waals surface area contributed by atoms with E-state index in [1.54, 1.807) is 12.1 Å². The molecular weight excluding hydrogens is 261 g/mol. The van der Waals surface area contributed by atoms with Gasteiger partial charge in [-0.1, -0.05) is 0 Å². The van der Waals surface area contributed by atoms with Crippen molar-refractivity contribution in [1.82, 2.24) is 9.97 Å². The lowest BCUT2D eigenvalue weighted by Crippen LogP contribution is -2.04. The summed E-state index contributed by atoms with van der Waals surface area (Å²) in [4.78, 5) is 7.87. The molecule has 0 aliphatic rings. The predicted molar refractivity (Wildman–Crippen MR) is 71.8 cm³/mol. The first-order valence-electron chi connectivity index (χ1n) is 5.88. The van der Waals surface area contributed by atoms with Crippen LogP contribution in [0.4, 0.5) is 16.2 Å². The van der Waals surface area contributed by atoms with E-state index in [9.17, 15) is 4.39 Å². The molecule has 0 saturated carbocycles. The van der Waals surface area contributed by atoms with Gasteiger partial charge in [-0.2, -0.15) is 15.2 Å². The molecule has 2 aromatic rings. The second-order valence-corrected chi connectivity index (χ2v) is 3.84. The largest absolute Gasteiger partial charge is 0.439 e. The summed E-state index contributed by atoms with van der Waals surface area (Å²) in [5, 5.41) is 11.6. The van der Waals surface area contributed by atoms with Crippen LogP contribution in [-0.4, -0.2) is 16.5 Å². The molecule has 3 N–H and O–H groups in total. The van der Waals surface area contributed by atoms with E-state index in [4.69, 9.17) is 15.7 Å². The summed E-state index contributed by atoms with van der Waals surface area (Å²) in [6.07, 6.45) is 0. The number of nitrogen functional groups attached to an aromatic ring is 1. The number of halogens is 1. The van der Waals surface area contributed by atoms with Gasteiger partial charge in [-0.25, -0.2) is 4.39 Å². The van der Waals surface area contributed by atoms with Crippen LogP contribution in [0.5, 0.6) is 11.6 Å². The molecule has 0 radical (unpaired) electrons. The van der Waals surface area contributed by atoms with Gasteiger partial charge in [0.1, 0.15) is 23.5 Å². The molecule has 1 aromatic carbocycles. The topological polar surface area (TPSA) is 96.8 Å². The lowest BCUT2D eigenvalue weighted by molar-refractivity contribution is 0.458. The highest BCUT2D eigenvalue weighted by molar-refractivity contribution is 5.44. The molecule has 0 atom stereocenters. The second kappa shape index (κ2) is 5.84. The maximum absolute atomic E-state index is 13.5. The van der Waals surface area contributed by atoms with Gasteiger partial charge in [0, 0.05) is 18.7 Å². The fraction of sp³-hybridized carbons (Fsp3) is 0.154. The molecule has 7 heteroatoms. The van der Waals surface area contributed by atoms with Crippen molar-refractivity contribution in [1.29, 1.82) is 5.26 Å². The van der Waals surface area contributed by atoms with Crippen molar-refractivity contribution in [3.63, 3.8) is 0 Å². The Morgan fingerprint density at radius 2 is 2.20 bits per heavy atom. The molecule has 20 heavy (non-hydrogen) atoms. The lowest BCUT2D eigenvalue weighted by Gasteiger charge is -2.08. The summed E-state index contributed by atoms with van der Waals surface area (Å²) in [5.74, 6) is 0.329. The van der Waals surface area contributed by atoms with Gasteiger partial charge in [0.25, 0.3) is 0 Å². The zero-order valence-corrected chi connectivity index (χ0v) is 10.7. The van der Waals surface area contributed by atoms with Crippen molar-refractivity contribution < 1.29 is 9.13 Å². The summed E-state index contributed by atoms with van der Waals surface area (Å²) in [6.45, 7) is 2.58. The van der Waals surface area contributed by atoms with Gasteiger partial charge in [-0.05, 0) is 19.1 Å². The first-order chi connectivity index (χ1) is 9.62. The molecule has 0 aliphatic heterocycles. The van der Waals surface area contributed by atoms with E-state index in [0.717, 1.165) is 6.07 Å². The molecule has 0 unspecified atom stereocenters. The molecule has 0 amide bonds. The van der Waals surface area contributed by atoms with Crippen LogP contribution in [-0.2, 0) is 0 Å². The zero-order chi connectivity index (χ0) is 14.5. The number of nitrogens with two attached hydrogens (primary N) is 1. The van der Waals surface area contributed by atoms with Crippen LogP contribution in [0.3, 0.4) is 0 Å². The van der Waals surface area contributed by atoms with Crippen molar-refractivity contribution in [3.05, 3.63) is 35.6 Å². The van der Waals surface area contributed by atoms with Crippen molar-refractivity contribution >= 4 is 11.8 Å². The SMILES string of the molecule is CCNc1cc(Oc2ccc(C#N)c(F)c2)nc(N)n1. The van der Waals surface area contributed by atoms with Gasteiger partial charge < -0.3 is 15.8 Å². The van der Waals surface area contributed by atoms with Crippen LogP contribution >= 0.6 is 0 Å². The number of nitrogens with zero attached hydrogens (tertiary/aromatic N) is 3. The number of aromatic nitrogens is 2. The Labute approximate surface area is 115 Å². The van der Waals surface area contributed by atoms with Crippen molar-refractivity contribution in [2.75, 3.05) is 17.6 Å². The molecule has 0 saturated heterocycles. The number of ether oxygens (including phenoxy) is 1. The average molecular weight is 273 g/mol. The standard InChI is InChI=1S/C13H12FN5O/c1-2-17-11-6-12(19-13(16)18-11)20-9-4-3-8(7-15)10(14)5-9/h3-6H,2H2,1H3,(H3,16,17,18,19). The van der Waals surface area contributed by atoms with Crippen LogP contribution in [0.1, 0.15) is 12.5 Å². The third kappa shape index (κ3) is 3.11. The third-order valence-electron chi connectivity index (χ3n) is 2.36. The van der Waals surface area contributed by atoms with Crippen molar-refractivity contribution in [2.24, 2.45) is 0 Å². The monoisotopic (exact) mass is 273 g/mol. The highest BCUT2D eigenvalue weighted by Gasteiger charge is 2.07. The lowest BCUT2D eigenvalue weighted by atomic mass is 10.2. The molecular formula is C13H12FN5O. The first kappa shape index (κ1) is 13.5. The van der Waals surface area contributed by atoms with Crippen LogP contribution in [0.25, 0.3) is 0 Å². The molecule has 0 spiro atoms. The predicted octanol–water partition coefficient (Wildman–Crippen LogP) is 2.29. The number of nitrogens with one attached hydrogen (secondary N) is 1. The number of nitriles is 1. The Morgan fingerprint density at radius 3 is 2.85 bits per heavy atom. The van der Waals surface area contributed by atoms with E-state index in [-0.39, 0.29) is 23.1 Å². The van der Waals surface area contributed by atoms with Crippen LogP contribution in [0.15, 0.2) is 24.3 Å². The summed E-state index contributed by atoms with van der Waals surface area (Å²) in [5.41, 5.74) is 5.51. The van der Waals surface area contributed by atoms with Crippen molar-refractivity contribution in [3.8, 4) is 17.7 Å². The van der Waals surface area contributed by atoms with Gasteiger partial charge in [0.05, 0.1) is 5.56 Å². The van der Waals surface area contributed by atoms with Gasteiger partial charge in [0.15, 0.2) is 0 Å². The molecule has 2 rings (SSSR count). The highest BCUT2D eigenvalue weighted by atomic mass is 19.1. The Kier molecular flexibility index (Phi) is 3.96. The van der Waals surface area contributed by atoms with Crippen LogP contribution < -0.4 is 15.8 Å². The molecule has 6 nitrogen and oxygen atoms in total. The molecule has 102 valence electrons. The van der Waals surface area contributed by atoms with E-state index < -0.39 is 5.82 Å². The van der Waals surface area contributed by atoms with Crippen LogP contribution in [0.2, 0.25) is 0 Å². The van der Waals surface area contributed by atoms with E-state index in [1.807, 2.05) is 6.92 Å². The minimum Gasteiger partial charge on any atom is -0.439 e. The Balaban J connectivity index is 2.25. The Morgan fingerprint density at radius 1 is 1.40 bits per heavy atom. The fourth-order valence-corrected chi connectivity index (χ4v) is 1.54. The average Bonchev–Trinajstić information content (AvgIpc) is 2.38. The Bertz CT molecular complexity index is 668. The number of anilines is 2. The minimum atomic E-state index is -0.654. The number of benzene rings is 1. The van der Waals surface area contributed by atoms with E-state index in [1.165, 1.54) is 12.1 Å². The number of hydrogen-bond donors (Lipinski definition) is 2. The first-order valence-corrected chi connectivity index (χ1v) is 5.88. The Hall–Kier alpha value is -2.88. The summed E-state index contributed by atoms with van der Waals surface area (Å²) in [7, 11) is 0. The number of hydrogen-bond acceptors (Lipinski definition) is 6. The maximum atomic E-state index is 13.5. The van der Waals surface area contributed by atoms with Gasteiger partial charge in [-0.3, -0.25) is 0 Å². The summed E-state index contributed by atoms with van der Waals surface area (Å²) < 4.78 is 18.9. The van der Waals surface area contributed by atoms with Crippen LogP contribution in [0, 0.1) is 17.1 Å². The quantitative estimate of drug-likeness (QED) is 0.887. The van der Waals surface area contributed by atoms with Gasteiger partial charge >= 0.3 is 0 Å². The maximum Gasteiger partial charge on any atom is 0.226 e. The highest BCUT2D eigenvalue weighted by Crippen LogP contribution is 2.24. The normalized spacial score (nSPS) is 9.85. The van der Waals surface area contributed by atoms with Crippen molar-refractivity contribution in [2.45, 2.75) is 6.92 Å². The molecule has 0 fully saturated rings. The van der Waals surface area contributed by atoms with Gasteiger partial charge in [-0.15, -0.1) is 0 Å². The van der Waals surface area contributed by atoms with Gasteiger partial charge in [0.2, 0.25) is 11.8 Å². The second-order valence-electron chi connectivity index (χ2n) is 3.84. The smallest absolute Gasteiger partial charge is 0.226 e. The van der Waals surface area contributed by atoms with E-state index >= 15 is 0 Å². The third-order valence-corrected chi connectivity index (χ3v) is 2.36. The number of rotatable bonds is 4. The van der Waals surface area contributed by atoms with E-state index in [0.29, 0.717) is 12.4 Å². The molecule has 1 heterocycles. The van der Waals surface area contributed by atoms with E-state index in [2.05, 4.69) is 15.3 Å². The summed E-state index contributed by atoms with van der Waals surface area (Å²) in [6, 6.07) is 7.21. The fourth-order valence-electron chi connectivity index (χ4n) is 1.54. The zero-order valence-electron chi connectivity index (χ0n) is 10.7.